The summed E-state index contributed by atoms with van der Waals surface area (Å²) in [6.07, 6.45) is 2.55. The molecule has 0 atom stereocenters. The maximum absolute atomic E-state index is 10.0. The van der Waals surface area contributed by atoms with Gasteiger partial charge in [0.15, 0.2) is 0 Å². The van der Waals surface area contributed by atoms with Crippen molar-refractivity contribution in [1.82, 2.24) is 14.1 Å². The molecule has 0 spiro atoms. The average Bonchev–Trinajstić information content (AvgIpc) is 3.12. The predicted octanol–water partition coefficient (Wildman–Crippen LogP) is 2.48. The first kappa shape index (κ1) is 17.0. The summed E-state index contributed by atoms with van der Waals surface area (Å²) in [6, 6.07) is 13.1. The van der Waals surface area contributed by atoms with Crippen LogP contribution in [-0.2, 0) is 18.6 Å². The molecule has 5 nitrogen and oxygen atoms in total. The van der Waals surface area contributed by atoms with Gasteiger partial charge in [0.1, 0.15) is 34.3 Å². The number of ether oxygens (including phenoxy) is 1. The van der Waals surface area contributed by atoms with Crippen LogP contribution in [0.25, 0.3) is 16.7 Å². The molecule has 2 heterocycles. The Kier molecular flexibility index (Phi) is 4.95. The third kappa shape index (κ3) is 2.45. The third-order valence-corrected chi connectivity index (χ3v) is 3.25. The second kappa shape index (κ2) is 6.40. The van der Waals surface area contributed by atoms with E-state index in [9.17, 15) is 5.11 Å². The third-order valence-electron chi connectivity index (χ3n) is 3.25. The Labute approximate surface area is 162 Å². The molecule has 0 unspecified atom stereocenters. The van der Waals surface area contributed by atoms with Crippen LogP contribution in [0.5, 0.6) is 11.5 Å². The van der Waals surface area contributed by atoms with Gasteiger partial charge in [0.25, 0.3) is 0 Å². The Morgan fingerprint density at radius 1 is 1.05 bits per heavy atom. The summed E-state index contributed by atoms with van der Waals surface area (Å²) in [5.74, 6) is 3.47. The summed E-state index contributed by atoms with van der Waals surface area (Å²) < 4.78 is 9.20. The van der Waals surface area contributed by atoms with E-state index < -0.39 is 0 Å². The van der Waals surface area contributed by atoms with Crippen LogP contribution in [0.15, 0.2) is 42.5 Å². The molecular weight excluding hydrogens is 543 g/mol. The first-order valence-electron chi connectivity index (χ1n) is 6.22. The van der Waals surface area contributed by atoms with E-state index in [1.807, 2.05) is 38.3 Å². The molecule has 4 aromatic rings. The van der Waals surface area contributed by atoms with Gasteiger partial charge in [0, 0.05) is 62.7 Å². The molecule has 0 aliphatic heterocycles. The molecule has 7 heteroatoms. The van der Waals surface area contributed by atoms with Crippen molar-refractivity contribution in [2.24, 2.45) is 0 Å². The SMILES string of the molecule is CC#COc1ccc(O)c(-n2n3c4ccccc4n23)c1.[U].[V]. The molecule has 0 fully saturated rings. The van der Waals surface area contributed by atoms with Crippen LogP contribution in [0.1, 0.15) is 6.92 Å². The predicted molar refractivity (Wildman–Crippen MR) is 74.6 cm³/mol. The number of aromatic nitrogens is 3. The summed E-state index contributed by atoms with van der Waals surface area (Å²) >= 11 is 0. The monoisotopic (exact) mass is 554 g/mol. The number of rotatable bonds is 2. The molecule has 2 aromatic heterocycles. The van der Waals surface area contributed by atoms with Gasteiger partial charge in [-0.1, -0.05) is 18.1 Å². The number of hydrogen-bond donors (Lipinski definition) is 1. The second-order valence-electron chi connectivity index (χ2n) is 4.46. The fraction of sp³-hybridized carbons (Fsp3) is 0.0667. The van der Waals surface area contributed by atoms with E-state index in [0.29, 0.717) is 11.4 Å². The van der Waals surface area contributed by atoms with Crippen LogP contribution in [0.4, 0.5) is 0 Å². The minimum atomic E-state index is 0. The fourth-order valence-electron chi connectivity index (χ4n) is 2.33. The Morgan fingerprint density at radius 2 is 1.68 bits per heavy atom. The molecular formula is C15H11N3O2UV. The van der Waals surface area contributed by atoms with Gasteiger partial charge in [-0.25, -0.2) is 0 Å². The van der Waals surface area contributed by atoms with Crippen molar-refractivity contribution < 1.29 is 59.5 Å². The fourth-order valence-corrected chi connectivity index (χ4v) is 2.33. The van der Waals surface area contributed by atoms with Crippen LogP contribution in [-0.4, -0.2) is 19.2 Å². The molecule has 22 heavy (non-hydrogen) atoms. The van der Waals surface area contributed by atoms with Gasteiger partial charge in [-0.15, -0.1) is 14.1 Å². The van der Waals surface area contributed by atoms with Crippen molar-refractivity contribution in [2.75, 3.05) is 0 Å². The molecule has 0 aliphatic carbocycles. The average molecular weight is 554 g/mol. The van der Waals surface area contributed by atoms with Gasteiger partial charge in [-0.2, -0.15) is 0 Å². The molecule has 107 valence electrons. The normalized spacial score (nSPS) is 10.0. The van der Waals surface area contributed by atoms with E-state index >= 15 is 0 Å². The van der Waals surface area contributed by atoms with Crippen LogP contribution in [0.2, 0.25) is 0 Å². The molecule has 4 rings (SSSR count). The van der Waals surface area contributed by atoms with E-state index in [1.54, 1.807) is 25.1 Å². The molecule has 0 aliphatic rings. The smallest absolute Gasteiger partial charge is 0.143 e. The van der Waals surface area contributed by atoms with Crippen molar-refractivity contribution in [3.05, 3.63) is 42.5 Å². The molecule has 0 amide bonds. The zero-order valence-corrected chi connectivity index (χ0v) is 17.2. The standard InChI is InChI=1S/C15H11N3O2.U.V/c1-2-9-20-11-7-8-15(19)14(10-11)18-16-12-5-3-4-6-13(12)17(16)18;;/h3-8,10,19H,1H3;;. The Morgan fingerprint density at radius 3 is 2.27 bits per heavy atom. The van der Waals surface area contributed by atoms with Gasteiger partial charge in [-0.3, -0.25) is 0 Å². The number of phenolic OH excluding ortho intramolecular Hbond substituents is 1. The van der Waals surface area contributed by atoms with E-state index in [4.69, 9.17) is 4.74 Å². The first-order chi connectivity index (χ1) is 9.81. The number of aromatic hydroxyl groups is 1. The summed E-state index contributed by atoms with van der Waals surface area (Å²) in [5, 5.41) is 10.0. The van der Waals surface area contributed by atoms with Crippen LogP contribution in [0.3, 0.4) is 0 Å². The van der Waals surface area contributed by atoms with E-state index in [-0.39, 0.29) is 55.4 Å². The molecule has 0 saturated carbocycles. The number of benzene rings is 2. The maximum Gasteiger partial charge on any atom is 0.143 e. The zero-order chi connectivity index (χ0) is 13.7. The quantitative estimate of drug-likeness (QED) is 0.388. The summed E-state index contributed by atoms with van der Waals surface area (Å²) in [7, 11) is 0. The number of hydrogen-bond acceptors (Lipinski definition) is 2. The van der Waals surface area contributed by atoms with Gasteiger partial charge in [-0.05, 0) is 24.3 Å². The largest absolute Gasteiger partial charge is 0.506 e. The Hall–Kier alpha value is -1.36. The van der Waals surface area contributed by atoms with E-state index in [1.165, 1.54) is 0 Å². The molecule has 0 bridgehead atoms. The van der Waals surface area contributed by atoms with E-state index in [0.717, 1.165) is 11.0 Å². The van der Waals surface area contributed by atoms with Crippen molar-refractivity contribution in [2.45, 2.75) is 6.92 Å². The van der Waals surface area contributed by atoms with Crippen molar-refractivity contribution in [1.29, 1.82) is 0 Å². The van der Waals surface area contributed by atoms with Gasteiger partial charge in [0.05, 0.1) is 0 Å². The molecule has 2 aromatic carbocycles. The van der Waals surface area contributed by atoms with Crippen molar-refractivity contribution in [3.63, 3.8) is 0 Å². The van der Waals surface area contributed by atoms with Crippen LogP contribution < -0.4 is 4.74 Å². The summed E-state index contributed by atoms with van der Waals surface area (Å²) in [6.45, 7) is 1.71. The number of nitrogens with zero attached hydrogens (tertiary/aromatic N) is 3. The minimum Gasteiger partial charge on any atom is -0.506 e. The Bertz CT molecular complexity index is 931. The first-order valence-corrected chi connectivity index (χ1v) is 6.22. The molecule has 0 saturated heterocycles. The molecule has 1 radical (unpaired) electrons. The number of phenols is 1. The van der Waals surface area contributed by atoms with Crippen LogP contribution in [0, 0.1) is 43.1 Å². The Balaban J connectivity index is 0.000000882. The zero-order valence-electron chi connectivity index (χ0n) is 11.7. The van der Waals surface area contributed by atoms with Gasteiger partial charge >= 0.3 is 0 Å². The second-order valence-corrected chi connectivity index (χ2v) is 4.46. The summed E-state index contributed by atoms with van der Waals surface area (Å²) in [5.41, 5.74) is 2.90. The topological polar surface area (TPSA) is 43.2 Å². The van der Waals surface area contributed by atoms with Crippen molar-refractivity contribution in [3.8, 4) is 29.2 Å². The number of fused-ring (bicyclic) bond motifs is 4. The van der Waals surface area contributed by atoms with Crippen molar-refractivity contribution >= 4 is 11.0 Å². The van der Waals surface area contributed by atoms with Gasteiger partial charge < -0.3 is 9.84 Å². The van der Waals surface area contributed by atoms with Gasteiger partial charge in [0.2, 0.25) is 0 Å². The van der Waals surface area contributed by atoms with Crippen LogP contribution >= 0.6 is 0 Å². The maximum atomic E-state index is 10.0. The summed E-state index contributed by atoms with van der Waals surface area (Å²) in [4.78, 5) is 1.88. The minimum absolute atomic E-state index is 0. The molecule has 1 N–H and O–H groups in total. The van der Waals surface area contributed by atoms with E-state index in [2.05, 4.69) is 12.0 Å². The number of para-hydroxylation sites is 2.